The SMILES string of the molecule is CCOCCNS(=O)(=O)c1cc(N)cc(Br)c1F. The van der Waals surface area contributed by atoms with Gasteiger partial charge in [0.25, 0.3) is 0 Å². The average Bonchev–Trinajstić information content (AvgIpc) is 2.29. The molecule has 8 heteroatoms. The molecule has 0 spiro atoms. The summed E-state index contributed by atoms with van der Waals surface area (Å²) in [6, 6.07) is 2.37. The van der Waals surface area contributed by atoms with Crippen molar-refractivity contribution in [1.82, 2.24) is 4.72 Å². The zero-order chi connectivity index (χ0) is 13.8. The van der Waals surface area contributed by atoms with Gasteiger partial charge in [0.15, 0.2) is 5.82 Å². The van der Waals surface area contributed by atoms with Gasteiger partial charge in [-0.05, 0) is 35.0 Å². The minimum atomic E-state index is -3.93. The molecule has 0 heterocycles. The Morgan fingerprint density at radius 2 is 2.17 bits per heavy atom. The van der Waals surface area contributed by atoms with E-state index in [0.29, 0.717) is 6.61 Å². The van der Waals surface area contributed by atoms with Gasteiger partial charge in [0, 0.05) is 18.8 Å². The maximum atomic E-state index is 13.7. The molecule has 0 amide bonds. The highest BCUT2D eigenvalue weighted by molar-refractivity contribution is 9.10. The highest BCUT2D eigenvalue weighted by Gasteiger charge is 2.21. The van der Waals surface area contributed by atoms with E-state index < -0.39 is 20.7 Å². The molecule has 1 aromatic carbocycles. The highest BCUT2D eigenvalue weighted by atomic mass is 79.9. The molecule has 18 heavy (non-hydrogen) atoms. The molecule has 5 nitrogen and oxygen atoms in total. The largest absolute Gasteiger partial charge is 0.399 e. The molecular weight excluding hydrogens is 327 g/mol. The second-order valence-corrected chi connectivity index (χ2v) is 6.00. The molecule has 0 saturated carbocycles. The zero-order valence-electron chi connectivity index (χ0n) is 9.74. The van der Waals surface area contributed by atoms with Crippen molar-refractivity contribution >= 4 is 31.6 Å². The molecular formula is C10H14BrFN2O3S. The minimum absolute atomic E-state index is 0.00711. The Bertz CT molecular complexity index is 522. The summed E-state index contributed by atoms with van der Waals surface area (Å²) in [6.07, 6.45) is 0. The Morgan fingerprint density at radius 1 is 1.50 bits per heavy atom. The fourth-order valence-corrected chi connectivity index (χ4v) is 3.00. The van der Waals surface area contributed by atoms with Crippen molar-refractivity contribution < 1.29 is 17.5 Å². The molecule has 102 valence electrons. The van der Waals surface area contributed by atoms with Crippen LogP contribution in [0.3, 0.4) is 0 Å². The van der Waals surface area contributed by atoms with Crippen molar-refractivity contribution in [2.45, 2.75) is 11.8 Å². The van der Waals surface area contributed by atoms with Crippen LogP contribution in [-0.4, -0.2) is 28.2 Å². The van der Waals surface area contributed by atoms with Crippen molar-refractivity contribution in [1.29, 1.82) is 0 Å². The van der Waals surface area contributed by atoms with Crippen molar-refractivity contribution in [3.8, 4) is 0 Å². The molecule has 0 radical (unpaired) electrons. The summed E-state index contributed by atoms with van der Waals surface area (Å²) in [5, 5.41) is 0. The number of benzene rings is 1. The lowest BCUT2D eigenvalue weighted by molar-refractivity contribution is 0.153. The first-order valence-electron chi connectivity index (χ1n) is 5.20. The molecule has 0 unspecified atom stereocenters. The second kappa shape index (κ2) is 6.46. The van der Waals surface area contributed by atoms with Crippen LogP contribution in [0, 0.1) is 5.82 Å². The highest BCUT2D eigenvalue weighted by Crippen LogP contribution is 2.25. The lowest BCUT2D eigenvalue weighted by Gasteiger charge is -2.09. The lowest BCUT2D eigenvalue weighted by atomic mass is 10.3. The molecule has 0 aromatic heterocycles. The van der Waals surface area contributed by atoms with Gasteiger partial charge in [-0.3, -0.25) is 0 Å². The Kier molecular flexibility index (Phi) is 5.51. The van der Waals surface area contributed by atoms with Gasteiger partial charge in [0.1, 0.15) is 4.90 Å². The first-order chi connectivity index (χ1) is 8.38. The molecule has 0 fully saturated rings. The summed E-state index contributed by atoms with van der Waals surface area (Å²) in [5.74, 6) is -0.867. The van der Waals surface area contributed by atoms with Crippen molar-refractivity contribution in [3.05, 3.63) is 22.4 Å². The lowest BCUT2D eigenvalue weighted by Crippen LogP contribution is -2.28. The number of sulfonamides is 1. The van der Waals surface area contributed by atoms with Gasteiger partial charge in [-0.2, -0.15) is 0 Å². The standard InChI is InChI=1S/C10H14BrFN2O3S/c1-2-17-4-3-14-18(15,16)9-6-7(13)5-8(11)10(9)12/h5-6,14H,2-4,13H2,1H3. The van der Waals surface area contributed by atoms with Crippen LogP contribution < -0.4 is 10.5 Å². The third-order valence-corrected chi connectivity index (χ3v) is 4.09. The van der Waals surface area contributed by atoms with E-state index in [4.69, 9.17) is 10.5 Å². The summed E-state index contributed by atoms with van der Waals surface area (Å²) < 4.78 is 44.6. The Balaban J connectivity index is 2.91. The van der Waals surface area contributed by atoms with Gasteiger partial charge < -0.3 is 10.5 Å². The van der Waals surface area contributed by atoms with E-state index in [1.165, 1.54) is 6.07 Å². The summed E-state index contributed by atoms with van der Waals surface area (Å²) in [7, 11) is -3.93. The van der Waals surface area contributed by atoms with Crippen LogP contribution in [0.1, 0.15) is 6.92 Å². The van der Waals surface area contributed by atoms with Crippen LogP contribution in [0.2, 0.25) is 0 Å². The number of hydrogen-bond donors (Lipinski definition) is 2. The van der Waals surface area contributed by atoms with Gasteiger partial charge in [-0.25, -0.2) is 17.5 Å². The fourth-order valence-electron chi connectivity index (χ4n) is 1.25. The van der Waals surface area contributed by atoms with E-state index in [1.54, 1.807) is 6.92 Å². The number of nitrogen functional groups attached to an aromatic ring is 1. The summed E-state index contributed by atoms with van der Waals surface area (Å²) in [6.45, 7) is 2.58. The van der Waals surface area contributed by atoms with Gasteiger partial charge in [-0.1, -0.05) is 0 Å². The van der Waals surface area contributed by atoms with Gasteiger partial charge >= 0.3 is 0 Å². The first-order valence-corrected chi connectivity index (χ1v) is 7.48. The number of nitrogens with two attached hydrogens (primary N) is 1. The van der Waals surface area contributed by atoms with Crippen LogP contribution >= 0.6 is 15.9 Å². The second-order valence-electron chi connectivity index (χ2n) is 3.41. The van der Waals surface area contributed by atoms with Crippen molar-refractivity contribution in [2.75, 3.05) is 25.5 Å². The van der Waals surface area contributed by atoms with E-state index in [9.17, 15) is 12.8 Å². The van der Waals surface area contributed by atoms with Crippen LogP contribution in [0.4, 0.5) is 10.1 Å². The third kappa shape index (κ3) is 3.91. The number of anilines is 1. The maximum Gasteiger partial charge on any atom is 0.243 e. The van der Waals surface area contributed by atoms with Crippen LogP contribution in [0.25, 0.3) is 0 Å². The number of ether oxygens (including phenoxy) is 1. The molecule has 0 bridgehead atoms. The third-order valence-electron chi connectivity index (χ3n) is 2.05. The Morgan fingerprint density at radius 3 is 2.78 bits per heavy atom. The van der Waals surface area contributed by atoms with Crippen molar-refractivity contribution in [2.24, 2.45) is 0 Å². The molecule has 3 N–H and O–H groups in total. The van der Waals surface area contributed by atoms with Gasteiger partial charge in [0.05, 0.1) is 11.1 Å². The van der Waals surface area contributed by atoms with E-state index in [-0.39, 0.29) is 23.3 Å². The van der Waals surface area contributed by atoms with Gasteiger partial charge in [-0.15, -0.1) is 0 Å². The predicted molar refractivity (Wildman–Crippen MR) is 70.2 cm³/mol. The quantitative estimate of drug-likeness (QED) is 0.607. The fraction of sp³-hybridized carbons (Fsp3) is 0.400. The molecule has 1 aromatic rings. The Labute approximate surface area is 114 Å². The van der Waals surface area contributed by atoms with E-state index in [2.05, 4.69) is 20.7 Å². The number of hydrogen-bond acceptors (Lipinski definition) is 4. The monoisotopic (exact) mass is 340 g/mol. The normalized spacial score (nSPS) is 11.7. The number of nitrogens with one attached hydrogen (secondary N) is 1. The zero-order valence-corrected chi connectivity index (χ0v) is 12.1. The first kappa shape index (κ1) is 15.4. The molecule has 1 rings (SSSR count). The maximum absolute atomic E-state index is 13.7. The van der Waals surface area contributed by atoms with Crippen LogP contribution in [-0.2, 0) is 14.8 Å². The van der Waals surface area contributed by atoms with Crippen LogP contribution in [0.15, 0.2) is 21.5 Å². The summed E-state index contributed by atoms with van der Waals surface area (Å²) in [4.78, 5) is -0.481. The molecule has 0 aliphatic carbocycles. The smallest absolute Gasteiger partial charge is 0.243 e. The topological polar surface area (TPSA) is 81.4 Å². The van der Waals surface area contributed by atoms with Crippen molar-refractivity contribution in [3.63, 3.8) is 0 Å². The van der Waals surface area contributed by atoms with E-state index in [0.717, 1.165) is 6.07 Å². The van der Waals surface area contributed by atoms with E-state index in [1.807, 2.05) is 0 Å². The van der Waals surface area contributed by atoms with E-state index >= 15 is 0 Å². The average molecular weight is 341 g/mol. The molecule has 0 saturated heterocycles. The summed E-state index contributed by atoms with van der Waals surface area (Å²) >= 11 is 2.91. The van der Waals surface area contributed by atoms with Crippen LogP contribution in [0.5, 0.6) is 0 Å². The number of rotatable bonds is 6. The minimum Gasteiger partial charge on any atom is -0.399 e. The summed E-state index contributed by atoms with van der Waals surface area (Å²) in [5.41, 5.74) is 5.65. The Hall–Kier alpha value is -0.700. The predicted octanol–water partition coefficient (Wildman–Crippen LogP) is 1.49. The molecule has 0 aliphatic rings. The molecule has 0 atom stereocenters. The van der Waals surface area contributed by atoms with Gasteiger partial charge in [0.2, 0.25) is 10.0 Å². The molecule has 0 aliphatic heterocycles. The number of halogens is 2.